The van der Waals surface area contributed by atoms with E-state index < -0.39 is 5.82 Å². The van der Waals surface area contributed by atoms with Crippen molar-refractivity contribution in [2.75, 3.05) is 27.3 Å². The lowest BCUT2D eigenvalue weighted by molar-refractivity contribution is 0.0688. The van der Waals surface area contributed by atoms with Gasteiger partial charge in [-0.2, -0.15) is 0 Å². The number of ether oxygens (including phenoxy) is 2. The molecule has 1 aromatic heterocycles. The molecule has 1 aliphatic rings. The van der Waals surface area contributed by atoms with E-state index in [2.05, 4.69) is 9.97 Å². The Labute approximate surface area is 185 Å². The minimum absolute atomic E-state index is 0.161. The molecule has 2 heterocycles. The molecule has 0 spiro atoms. The lowest BCUT2D eigenvalue weighted by Crippen LogP contribution is -2.38. The van der Waals surface area contributed by atoms with Crippen LogP contribution in [0.2, 0.25) is 0 Å². The Kier molecular flexibility index (Phi) is 6.27. The first kappa shape index (κ1) is 21.4. The summed E-state index contributed by atoms with van der Waals surface area (Å²) >= 11 is 5.10. The molecule has 8 heteroatoms. The number of aromatic amines is 2. The van der Waals surface area contributed by atoms with Gasteiger partial charge in [0.15, 0.2) is 4.77 Å². The molecule has 0 saturated carbocycles. The van der Waals surface area contributed by atoms with Crippen molar-refractivity contribution in [1.82, 2.24) is 14.9 Å². The number of rotatable bonds is 6. The van der Waals surface area contributed by atoms with E-state index in [9.17, 15) is 9.18 Å². The van der Waals surface area contributed by atoms with Crippen molar-refractivity contribution in [3.05, 3.63) is 52.0 Å². The predicted octanol–water partition coefficient (Wildman–Crippen LogP) is 4.87. The largest absolute Gasteiger partial charge is 0.497 e. The van der Waals surface area contributed by atoms with Crippen molar-refractivity contribution >= 4 is 29.2 Å². The number of aryl methyl sites for hydroxylation is 1. The smallest absolute Gasteiger partial charge is 0.256 e. The first-order chi connectivity index (χ1) is 15.0. The molecule has 1 amide bonds. The molecule has 0 unspecified atom stereocenters. The summed E-state index contributed by atoms with van der Waals surface area (Å²) in [6.45, 7) is 1.32. The van der Waals surface area contributed by atoms with E-state index >= 15 is 0 Å². The number of nitrogens with one attached hydrogen (secondary N) is 2. The maximum atomic E-state index is 14.0. The number of fused-ring (bicyclic) bond motifs is 1. The molecule has 3 aromatic rings. The highest BCUT2D eigenvalue weighted by molar-refractivity contribution is 7.71. The van der Waals surface area contributed by atoms with Gasteiger partial charge in [0.1, 0.15) is 17.3 Å². The number of likely N-dealkylation sites (tertiary alicyclic amines) is 1. The van der Waals surface area contributed by atoms with Crippen LogP contribution in [0.5, 0.6) is 11.5 Å². The van der Waals surface area contributed by atoms with Crippen molar-refractivity contribution in [2.45, 2.75) is 25.7 Å². The zero-order chi connectivity index (χ0) is 22.0. The van der Waals surface area contributed by atoms with Crippen LogP contribution in [-0.2, 0) is 6.42 Å². The van der Waals surface area contributed by atoms with Gasteiger partial charge in [0.25, 0.3) is 5.91 Å². The number of hydrogen-bond acceptors (Lipinski definition) is 4. The van der Waals surface area contributed by atoms with Crippen molar-refractivity contribution in [3.63, 3.8) is 0 Å². The first-order valence-corrected chi connectivity index (χ1v) is 10.8. The van der Waals surface area contributed by atoms with Crippen LogP contribution in [0.25, 0.3) is 11.0 Å². The lowest BCUT2D eigenvalue weighted by atomic mass is 9.90. The number of aromatic nitrogens is 2. The number of H-pyrrole nitrogens is 2. The molecule has 0 radical (unpaired) electrons. The number of hydrogen-bond donors (Lipinski definition) is 2. The maximum absolute atomic E-state index is 14.0. The Morgan fingerprint density at radius 2 is 1.77 bits per heavy atom. The SMILES string of the molecule is COc1cc(CCC2CCN(C(=O)c3cc(F)cc4[nH]c(=S)[nH]c34)CC2)cc(OC)c1. The average molecular weight is 444 g/mol. The number of nitrogens with zero attached hydrogens (tertiary/aromatic N) is 1. The van der Waals surface area contributed by atoms with E-state index in [1.807, 2.05) is 23.1 Å². The molecule has 31 heavy (non-hydrogen) atoms. The van der Waals surface area contributed by atoms with E-state index in [1.54, 1.807) is 14.2 Å². The number of piperidine rings is 1. The van der Waals surface area contributed by atoms with Crippen LogP contribution < -0.4 is 9.47 Å². The quantitative estimate of drug-likeness (QED) is 0.534. The second-order valence-corrected chi connectivity index (χ2v) is 8.36. The van der Waals surface area contributed by atoms with Crippen molar-refractivity contribution in [1.29, 1.82) is 0 Å². The molecule has 0 atom stereocenters. The molecule has 1 aliphatic heterocycles. The topological polar surface area (TPSA) is 70.3 Å². The van der Waals surface area contributed by atoms with Crippen LogP contribution in [0.4, 0.5) is 4.39 Å². The number of imidazole rings is 1. The third kappa shape index (κ3) is 4.74. The first-order valence-electron chi connectivity index (χ1n) is 10.4. The minimum Gasteiger partial charge on any atom is -0.497 e. The normalized spacial score (nSPS) is 14.7. The molecule has 164 valence electrons. The summed E-state index contributed by atoms with van der Waals surface area (Å²) in [4.78, 5) is 20.7. The van der Waals surface area contributed by atoms with Crippen molar-refractivity contribution in [2.24, 2.45) is 5.92 Å². The highest BCUT2D eigenvalue weighted by atomic mass is 32.1. The third-order valence-corrected chi connectivity index (χ3v) is 6.18. The van der Waals surface area contributed by atoms with Crippen LogP contribution in [0.1, 0.15) is 35.2 Å². The molecule has 6 nitrogen and oxygen atoms in total. The van der Waals surface area contributed by atoms with Gasteiger partial charge in [-0.05, 0) is 73.6 Å². The lowest BCUT2D eigenvalue weighted by Gasteiger charge is -2.32. The molecule has 4 rings (SSSR count). The summed E-state index contributed by atoms with van der Waals surface area (Å²) in [6, 6.07) is 8.58. The maximum Gasteiger partial charge on any atom is 0.256 e. The molecular formula is C23H26FN3O3S. The standard InChI is InChI=1S/C23H26FN3O3S/c1-29-17-9-15(10-18(13-17)30-2)4-3-14-5-7-27(8-6-14)22(28)19-11-16(24)12-20-21(19)26-23(31)25-20/h9-14H,3-8H2,1-2H3,(H2,25,26,31). The molecule has 2 aromatic carbocycles. The summed E-state index contributed by atoms with van der Waals surface area (Å²) in [5.74, 6) is 1.50. The van der Waals surface area contributed by atoms with Gasteiger partial charge in [-0.25, -0.2) is 4.39 Å². The number of halogens is 1. The predicted molar refractivity (Wildman–Crippen MR) is 120 cm³/mol. The zero-order valence-electron chi connectivity index (χ0n) is 17.7. The summed E-state index contributed by atoms with van der Waals surface area (Å²) in [7, 11) is 3.30. The molecule has 0 bridgehead atoms. The molecular weight excluding hydrogens is 417 g/mol. The van der Waals surface area contributed by atoms with Gasteiger partial charge in [0, 0.05) is 19.2 Å². The Balaban J connectivity index is 1.38. The Morgan fingerprint density at radius 1 is 1.10 bits per heavy atom. The van der Waals surface area contributed by atoms with E-state index in [-0.39, 0.29) is 5.91 Å². The third-order valence-electron chi connectivity index (χ3n) is 5.97. The number of benzene rings is 2. The van der Waals surface area contributed by atoms with E-state index in [1.165, 1.54) is 17.7 Å². The van der Waals surface area contributed by atoms with Gasteiger partial charge in [-0.3, -0.25) is 4.79 Å². The molecule has 1 saturated heterocycles. The number of amides is 1. The summed E-state index contributed by atoms with van der Waals surface area (Å²) in [6.07, 6.45) is 3.81. The monoisotopic (exact) mass is 443 g/mol. The number of carbonyl (C=O) groups excluding carboxylic acids is 1. The van der Waals surface area contributed by atoms with Crippen LogP contribution in [0.3, 0.4) is 0 Å². The second kappa shape index (κ2) is 9.09. The number of methoxy groups -OCH3 is 2. The molecule has 1 fully saturated rings. The average Bonchev–Trinajstić information content (AvgIpc) is 3.16. The zero-order valence-corrected chi connectivity index (χ0v) is 18.5. The van der Waals surface area contributed by atoms with E-state index in [0.29, 0.717) is 40.4 Å². The van der Waals surface area contributed by atoms with Crippen molar-refractivity contribution in [3.8, 4) is 11.5 Å². The Hall–Kier alpha value is -2.87. The van der Waals surface area contributed by atoms with Crippen molar-refractivity contribution < 1.29 is 18.7 Å². The van der Waals surface area contributed by atoms with Gasteiger partial charge in [-0.15, -0.1) is 0 Å². The highest BCUT2D eigenvalue weighted by Crippen LogP contribution is 2.28. The molecule has 0 aliphatic carbocycles. The van der Waals surface area contributed by atoms with E-state index in [4.69, 9.17) is 21.7 Å². The number of carbonyl (C=O) groups is 1. The molecule has 2 N–H and O–H groups in total. The fourth-order valence-corrected chi connectivity index (χ4v) is 4.46. The summed E-state index contributed by atoms with van der Waals surface area (Å²) < 4.78 is 25.1. The fraction of sp³-hybridized carbons (Fsp3) is 0.391. The van der Waals surface area contributed by atoms with Gasteiger partial charge >= 0.3 is 0 Å². The highest BCUT2D eigenvalue weighted by Gasteiger charge is 2.25. The Morgan fingerprint density at radius 3 is 2.42 bits per heavy atom. The van der Waals surface area contributed by atoms with Gasteiger partial charge in [0.2, 0.25) is 0 Å². The Bertz CT molecular complexity index is 1130. The van der Waals surface area contributed by atoms with Crippen LogP contribution in [0.15, 0.2) is 30.3 Å². The minimum atomic E-state index is -0.454. The van der Waals surface area contributed by atoms with Gasteiger partial charge in [0.05, 0.1) is 30.8 Å². The second-order valence-electron chi connectivity index (χ2n) is 7.95. The van der Waals surface area contributed by atoms with Crippen LogP contribution in [-0.4, -0.2) is 48.1 Å². The summed E-state index contributed by atoms with van der Waals surface area (Å²) in [5, 5.41) is 0. The summed E-state index contributed by atoms with van der Waals surface area (Å²) in [5.41, 5.74) is 2.58. The van der Waals surface area contributed by atoms with Gasteiger partial charge < -0.3 is 24.3 Å². The van der Waals surface area contributed by atoms with Crippen LogP contribution >= 0.6 is 12.2 Å². The van der Waals surface area contributed by atoms with Crippen LogP contribution in [0, 0.1) is 16.5 Å². The fourth-order valence-electron chi connectivity index (χ4n) is 4.25. The van der Waals surface area contributed by atoms with Gasteiger partial charge in [-0.1, -0.05) is 0 Å². The van der Waals surface area contributed by atoms with E-state index in [0.717, 1.165) is 37.2 Å².